The van der Waals surface area contributed by atoms with Gasteiger partial charge in [0, 0.05) is 5.69 Å². The number of rotatable bonds is 3. The van der Waals surface area contributed by atoms with E-state index >= 15 is 0 Å². The van der Waals surface area contributed by atoms with Crippen LogP contribution in [0, 0.1) is 0 Å². The van der Waals surface area contributed by atoms with Gasteiger partial charge in [-0.2, -0.15) is 0 Å². The number of aromatic amines is 2. The summed E-state index contributed by atoms with van der Waals surface area (Å²) in [5, 5.41) is 14.6. The predicted octanol–water partition coefficient (Wildman–Crippen LogP) is -0.0793. The van der Waals surface area contributed by atoms with E-state index in [2.05, 4.69) is 20.6 Å². The van der Waals surface area contributed by atoms with Crippen molar-refractivity contribution in [3.8, 4) is 11.6 Å². The van der Waals surface area contributed by atoms with Crippen LogP contribution in [0.2, 0.25) is 0 Å². The number of aromatic nitrogens is 2. The number of carbonyl (C=O) groups excluding carboxylic acids is 2. The zero-order valence-corrected chi connectivity index (χ0v) is 11.2. The fourth-order valence-corrected chi connectivity index (χ4v) is 2.07. The number of hydrogen-bond donors (Lipinski definition) is 5. The van der Waals surface area contributed by atoms with Gasteiger partial charge in [0.15, 0.2) is 6.61 Å². The second-order valence-corrected chi connectivity index (χ2v) is 4.68. The monoisotopic (exact) mass is 304 g/mol. The van der Waals surface area contributed by atoms with Crippen molar-refractivity contribution >= 4 is 23.2 Å². The normalized spacial score (nSPS) is 13.0. The first-order chi connectivity index (χ1) is 10.5. The molecule has 0 fully saturated rings. The molecule has 22 heavy (non-hydrogen) atoms. The van der Waals surface area contributed by atoms with E-state index in [9.17, 15) is 19.5 Å². The van der Waals surface area contributed by atoms with Crippen molar-refractivity contribution in [1.82, 2.24) is 9.97 Å². The van der Waals surface area contributed by atoms with E-state index in [-0.39, 0.29) is 30.5 Å². The molecular weight excluding hydrogens is 292 g/mol. The van der Waals surface area contributed by atoms with Crippen LogP contribution in [0.4, 0.5) is 11.4 Å². The van der Waals surface area contributed by atoms with Gasteiger partial charge >= 0.3 is 5.69 Å². The van der Waals surface area contributed by atoms with Crippen molar-refractivity contribution in [3.05, 3.63) is 34.4 Å². The van der Waals surface area contributed by atoms with Crippen LogP contribution in [0.5, 0.6) is 11.6 Å². The molecule has 0 aliphatic carbocycles. The topological polar surface area (TPSA) is 136 Å². The minimum absolute atomic E-state index is 0.0428. The van der Waals surface area contributed by atoms with Crippen molar-refractivity contribution in [2.45, 2.75) is 6.42 Å². The number of benzene rings is 1. The highest BCUT2D eigenvalue weighted by Crippen LogP contribution is 2.30. The Bertz CT molecular complexity index is 807. The molecule has 1 aliphatic rings. The number of amides is 2. The van der Waals surface area contributed by atoms with Crippen molar-refractivity contribution < 1.29 is 19.4 Å². The first kappa shape index (κ1) is 13.7. The summed E-state index contributed by atoms with van der Waals surface area (Å²) in [7, 11) is 0. The Morgan fingerprint density at radius 2 is 2.14 bits per heavy atom. The Kier molecular flexibility index (Phi) is 3.30. The molecule has 0 atom stereocenters. The minimum Gasteiger partial charge on any atom is -0.493 e. The van der Waals surface area contributed by atoms with Crippen LogP contribution in [-0.4, -0.2) is 33.5 Å². The number of ether oxygens (including phenoxy) is 1. The molecule has 2 heterocycles. The van der Waals surface area contributed by atoms with Gasteiger partial charge in [0.25, 0.3) is 5.91 Å². The number of nitrogens with one attached hydrogen (secondary N) is 4. The molecule has 3 rings (SSSR count). The van der Waals surface area contributed by atoms with E-state index in [1.54, 1.807) is 18.2 Å². The third-order valence-electron chi connectivity index (χ3n) is 3.02. The summed E-state index contributed by atoms with van der Waals surface area (Å²) in [5.74, 6) is -0.559. The molecule has 0 radical (unpaired) electrons. The van der Waals surface area contributed by atoms with Gasteiger partial charge in [-0.1, -0.05) is 0 Å². The molecule has 9 heteroatoms. The lowest BCUT2D eigenvalue weighted by atomic mass is 10.2. The number of fused-ring (bicyclic) bond motifs is 1. The van der Waals surface area contributed by atoms with Gasteiger partial charge < -0.3 is 25.5 Å². The first-order valence-electron chi connectivity index (χ1n) is 6.38. The number of H-pyrrole nitrogens is 2. The smallest absolute Gasteiger partial charge is 0.325 e. The highest BCUT2D eigenvalue weighted by atomic mass is 16.5. The average Bonchev–Trinajstić information content (AvgIpc) is 2.76. The summed E-state index contributed by atoms with van der Waals surface area (Å²) in [4.78, 5) is 38.6. The summed E-state index contributed by atoms with van der Waals surface area (Å²) in [5.41, 5.74) is 0.421. The van der Waals surface area contributed by atoms with Gasteiger partial charge in [0.1, 0.15) is 5.75 Å². The molecule has 1 aromatic heterocycles. The predicted molar refractivity (Wildman–Crippen MR) is 76.0 cm³/mol. The van der Waals surface area contributed by atoms with Gasteiger partial charge in [0.05, 0.1) is 17.8 Å². The summed E-state index contributed by atoms with van der Waals surface area (Å²) in [6.45, 7) is -0.0428. The molecule has 114 valence electrons. The summed E-state index contributed by atoms with van der Waals surface area (Å²) in [6, 6.07) is 4.80. The van der Waals surface area contributed by atoms with Gasteiger partial charge in [-0.15, -0.1) is 0 Å². The quantitative estimate of drug-likeness (QED) is 0.540. The fraction of sp³-hybridized carbons (Fsp3) is 0.154. The molecule has 9 nitrogen and oxygen atoms in total. The van der Waals surface area contributed by atoms with Crippen LogP contribution in [0.15, 0.2) is 23.0 Å². The SMILES string of the molecule is O=C(Cc1[nH]c(=O)[nH]c1O)Nc1ccc2c(c1)NC(=O)CO2. The number of aromatic hydroxyl groups is 1. The molecule has 0 unspecified atom stereocenters. The molecule has 2 aromatic rings. The van der Waals surface area contributed by atoms with Gasteiger partial charge in [0.2, 0.25) is 11.8 Å². The van der Waals surface area contributed by atoms with E-state index in [0.29, 0.717) is 17.1 Å². The standard InChI is InChI=1S/C13H12N4O5/c18-10(4-8-12(20)17-13(21)16-8)14-6-1-2-9-7(3-6)15-11(19)5-22-9/h1-3,20H,4-5H2,(H,14,18)(H,15,19)(H2,16,17,21). The van der Waals surface area contributed by atoms with Crippen molar-refractivity contribution in [2.75, 3.05) is 17.2 Å². The molecule has 0 bridgehead atoms. The highest BCUT2D eigenvalue weighted by Gasteiger charge is 2.17. The molecule has 1 aliphatic heterocycles. The van der Waals surface area contributed by atoms with Crippen LogP contribution in [-0.2, 0) is 16.0 Å². The third kappa shape index (κ3) is 2.77. The Morgan fingerprint density at radius 3 is 2.86 bits per heavy atom. The Labute approximate surface area is 123 Å². The van der Waals surface area contributed by atoms with E-state index in [4.69, 9.17) is 4.74 Å². The van der Waals surface area contributed by atoms with Gasteiger partial charge in [-0.25, -0.2) is 4.79 Å². The molecule has 2 amide bonds. The molecule has 1 aromatic carbocycles. The van der Waals surface area contributed by atoms with Crippen LogP contribution < -0.4 is 21.1 Å². The van der Waals surface area contributed by atoms with Crippen LogP contribution >= 0.6 is 0 Å². The van der Waals surface area contributed by atoms with Crippen LogP contribution in [0.25, 0.3) is 0 Å². The maximum atomic E-state index is 11.9. The van der Waals surface area contributed by atoms with Crippen molar-refractivity contribution in [1.29, 1.82) is 0 Å². The van der Waals surface area contributed by atoms with Crippen LogP contribution in [0.3, 0.4) is 0 Å². The zero-order chi connectivity index (χ0) is 15.7. The van der Waals surface area contributed by atoms with E-state index in [0.717, 1.165) is 0 Å². The number of imidazole rings is 1. The Balaban J connectivity index is 1.72. The number of carbonyl (C=O) groups is 2. The molecule has 0 saturated heterocycles. The number of hydrogen-bond acceptors (Lipinski definition) is 5. The maximum absolute atomic E-state index is 11.9. The largest absolute Gasteiger partial charge is 0.493 e. The van der Waals surface area contributed by atoms with E-state index in [1.165, 1.54) is 0 Å². The lowest BCUT2D eigenvalue weighted by molar-refractivity contribution is -0.118. The minimum atomic E-state index is -0.589. The van der Waals surface area contributed by atoms with Crippen LogP contribution in [0.1, 0.15) is 5.69 Å². The number of anilines is 2. The summed E-state index contributed by atoms with van der Waals surface area (Å²) < 4.78 is 5.21. The first-order valence-corrected chi connectivity index (χ1v) is 6.38. The molecule has 0 spiro atoms. The molecule has 0 saturated carbocycles. The second-order valence-electron chi connectivity index (χ2n) is 4.68. The van der Waals surface area contributed by atoms with E-state index in [1.807, 2.05) is 0 Å². The lowest BCUT2D eigenvalue weighted by Crippen LogP contribution is -2.25. The summed E-state index contributed by atoms with van der Waals surface area (Å²) in [6.07, 6.45) is -0.204. The maximum Gasteiger partial charge on any atom is 0.325 e. The van der Waals surface area contributed by atoms with Gasteiger partial charge in [-0.3, -0.25) is 14.6 Å². The average molecular weight is 304 g/mol. The lowest BCUT2D eigenvalue weighted by Gasteiger charge is -2.18. The fourth-order valence-electron chi connectivity index (χ4n) is 2.07. The second kappa shape index (κ2) is 5.28. The molecule has 5 N–H and O–H groups in total. The summed E-state index contributed by atoms with van der Waals surface area (Å²) >= 11 is 0. The van der Waals surface area contributed by atoms with Crippen molar-refractivity contribution in [3.63, 3.8) is 0 Å². The zero-order valence-electron chi connectivity index (χ0n) is 11.2. The Hall–Kier alpha value is -3.23. The van der Waals surface area contributed by atoms with Crippen molar-refractivity contribution in [2.24, 2.45) is 0 Å². The van der Waals surface area contributed by atoms with E-state index < -0.39 is 11.6 Å². The highest BCUT2D eigenvalue weighted by molar-refractivity contribution is 5.98. The van der Waals surface area contributed by atoms with Gasteiger partial charge in [-0.05, 0) is 18.2 Å². The molecular formula is C13H12N4O5. The Morgan fingerprint density at radius 1 is 1.32 bits per heavy atom. The third-order valence-corrected chi connectivity index (χ3v) is 3.02.